The highest BCUT2D eigenvalue weighted by Gasteiger charge is 2.16. The maximum atomic E-state index is 11.1. The summed E-state index contributed by atoms with van der Waals surface area (Å²) in [4.78, 5) is 11.1. The predicted octanol–water partition coefficient (Wildman–Crippen LogP) is 4.99. The van der Waals surface area contributed by atoms with E-state index in [1.54, 1.807) is 0 Å². The maximum absolute atomic E-state index is 11.1. The highest BCUT2D eigenvalue weighted by molar-refractivity contribution is 5.73. The van der Waals surface area contributed by atoms with Gasteiger partial charge in [-0.2, -0.15) is 0 Å². The fraction of sp³-hybridized carbons (Fsp3) is 0.955. The second-order valence-electron chi connectivity index (χ2n) is 7.87. The van der Waals surface area contributed by atoms with Crippen molar-refractivity contribution in [2.24, 2.45) is 0 Å². The molecule has 162 valence electrons. The van der Waals surface area contributed by atoms with Crippen molar-refractivity contribution < 1.29 is 20.1 Å². The number of aliphatic carboxylic acids is 1. The molecule has 0 amide bonds. The Bertz CT molecular complexity index is 323. The first-order chi connectivity index (χ1) is 13.1. The van der Waals surface area contributed by atoms with Gasteiger partial charge >= 0.3 is 5.97 Å². The van der Waals surface area contributed by atoms with Gasteiger partial charge in [0.2, 0.25) is 0 Å². The summed E-state index contributed by atoms with van der Waals surface area (Å²) in [5.41, 5.74) is 0. The van der Waals surface area contributed by atoms with Gasteiger partial charge in [0, 0.05) is 6.54 Å². The Balaban J connectivity index is 3.29. The van der Waals surface area contributed by atoms with E-state index in [0.29, 0.717) is 6.42 Å². The predicted molar refractivity (Wildman–Crippen MR) is 112 cm³/mol. The van der Waals surface area contributed by atoms with Gasteiger partial charge in [0.15, 0.2) is 6.29 Å². The molecule has 0 aromatic heterocycles. The molecule has 5 nitrogen and oxygen atoms in total. The molecule has 1 atom stereocenters. The van der Waals surface area contributed by atoms with Crippen LogP contribution in [-0.4, -0.2) is 40.2 Å². The molecular weight excluding hydrogens is 342 g/mol. The van der Waals surface area contributed by atoms with E-state index in [9.17, 15) is 4.79 Å². The number of carboxylic acids is 1. The van der Waals surface area contributed by atoms with E-state index in [0.717, 1.165) is 19.3 Å². The van der Waals surface area contributed by atoms with Gasteiger partial charge < -0.3 is 15.3 Å². The summed E-state index contributed by atoms with van der Waals surface area (Å²) in [6, 6.07) is -0.682. The molecule has 0 saturated carbocycles. The smallest absolute Gasteiger partial charge is 0.320 e. The van der Waals surface area contributed by atoms with Crippen molar-refractivity contribution in [1.29, 1.82) is 0 Å². The van der Waals surface area contributed by atoms with E-state index in [4.69, 9.17) is 15.3 Å². The van der Waals surface area contributed by atoms with Crippen molar-refractivity contribution in [2.45, 2.75) is 128 Å². The van der Waals surface area contributed by atoms with Crippen molar-refractivity contribution in [3.63, 3.8) is 0 Å². The second kappa shape index (κ2) is 20.1. The van der Waals surface area contributed by atoms with Crippen LogP contribution in [0.25, 0.3) is 0 Å². The minimum Gasteiger partial charge on any atom is -0.480 e. The number of hydrogen-bond acceptors (Lipinski definition) is 4. The first-order valence-electron chi connectivity index (χ1n) is 11.4. The molecule has 1 unspecified atom stereocenters. The van der Waals surface area contributed by atoms with Crippen LogP contribution in [0, 0.1) is 0 Å². The number of hydrogen-bond donors (Lipinski definition) is 4. The van der Waals surface area contributed by atoms with Crippen molar-refractivity contribution in [3.05, 3.63) is 0 Å². The molecule has 0 bridgehead atoms. The summed E-state index contributed by atoms with van der Waals surface area (Å²) < 4.78 is 0. The SMILES string of the molecule is CCCCCCCCCCCCCCCCCCC(NCC(O)O)C(=O)O. The molecule has 0 rings (SSSR count). The zero-order valence-corrected chi connectivity index (χ0v) is 17.6. The first-order valence-corrected chi connectivity index (χ1v) is 11.4. The van der Waals surface area contributed by atoms with Gasteiger partial charge in [0.05, 0.1) is 0 Å². The number of rotatable bonds is 21. The Morgan fingerprint density at radius 2 is 1.07 bits per heavy atom. The molecule has 0 radical (unpaired) electrons. The molecular formula is C22H45NO4. The number of carboxylic acid groups (broad SMARTS) is 1. The van der Waals surface area contributed by atoms with Crippen molar-refractivity contribution in [2.75, 3.05) is 6.54 Å². The molecule has 5 heteroatoms. The molecule has 0 fully saturated rings. The van der Waals surface area contributed by atoms with E-state index in [-0.39, 0.29) is 6.54 Å². The van der Waals surface area contributed by atoms with Gasteiger partial charge in [-0.15, -0.1) is 0 Å². The Kier molecular flexibility index (Phi) is 19.6. The summed E-state index contributed by atoms with van der Waals surface area (Å²) in [5.74, 6) is -0.920. The lowest BCUT2D eigenvalue weighted by Gasteiger charge is -2.14. The molecule has 0 saturated heterocycles. The lowest BCUT2D eigenvalue weighted by atomic mass is 10.0. The average Bonchev–Trinajstić information content (AvgIpc) is 2.63. The number of aliphatic hydroxyl groups excluding tert-OH is 1. The minimum atomic E-state index is -1.50. The number of unbranched alkanes of at least 4 members (excludes halogenated alkanes) is 15. The third kappa shape index (κ3) is 19.9. The van der Waals surface area contributed by atoms with Gasteiger partial charge in [-0.25, -0.2) is 0 Å². The largest absolute Gasteiger partial charge is 0.480 e. The maximum Gasteiger partial charge on any atom is 0.320 e. The Hall–Kier alpha value is -0.650. The fourth-order valence-electron chi connectivity index (χ4n) is 3.46. The van der Waals surface area contributed by atoms with Gasteiger partial charge in [-0.05, 0) is 6.42 Å². The lowest BCUT2D eigenvalue weighted by molar-refractivity contribution is -0.140. The van der Waals surface area contributed by atoms with E-state index in [2.05, 4.69) is 12.2 Å². The molecule has 0 aliphatic heterocycles. The minimum absolute atomic E-state index is 0.101. The topological polar surface area (TPSA) is 89.8 Å². The standard InChI is InChI=1S/C22H45NO4/c1-2-3-4-5-6-7-8-9-10-11-12-13-14-15-16-17-18-20(22(26)27)23-19-21(24)25/h20-21,23-25H,2-19H2,1H3,(H,26,27). The normalized spacial score (nSPS) is 12.6. The van der Waals surface area contributed by atoms with E-state index in [1.807, 2.05) is 0 Å². The summed E-state index contributed by atoms with van der Waals surface area (Å²) >= 11 is 0. The number of aliphatic hydroxyl groups is 2. The van der Waals surface area contributed by atoms with Crippen LogP contribution in [0.4, 0.5) is 0 Å². The van der Waals surface area contributed by atoms with Gasteiger partial charge in [0.1, 0.15) is 6.04 Å². The van der Waals surface area contributed by atoms with Crippen LogP contribution < -0.4 is 5.32 Å². The third-order valence-corrected chi connectivity index (χ3v) is 5.19. The first kappa shape index (κ1) is 26.4. The van der Waals surface area contributed by atoms with Crippen LogP contribution in [0.5, 0.6) is 0 Å². The highest BCUT2D eigenvalue weighted by Crippen LogP contribution is 2.14. The molecule has 27 heavy (non-hydrogen) atoms. The molecule has 0 aliphatic carbocycles. The molecule has 4 N–H and O–H groups in total. The third-order valence-electron chi connectivity index (χ3n) is 5.19. The van der Waals surface area contributed by atoms with E-state index >= 15 is 0 Å². The molecule has 0 aromatic rings. The van der Waals surface area contributed by atoms with Gasteiger partial charge in [-0.3, -0.25) is 10.1 Å². The Morgan fingerprint density at radius 3 is 1.41 bits per heavy atom. The van der Waals surface area contributed by atoms with Crippen LogP contribution in [0.1, 0.15) is 116 Å². The van der Waals surface area contributed by atoms with Crippen molar-refractivity contribution >= 4 is 5.97 Å². The van der Waals surface area contributed by atoms with Crippen LogP contribution in [0.3, 0.4) is 0 Å². The average molecular weight is 388 g/mol. The fourth-order valence-corrected chi connectivity index (χ4v) is 3.46. The molecule has 0 aromatic carbocycles. The summed E-state index contributed by atoms with van der Waals surface area (Å²) in [6.07, 6.45) is 19.8. The Morgan fingerprint density at radius 1 is 0.704 bits per heavy atom. The van der Waals surface area contributed by atoms with E-state index in [1.165, 1.54) is 83.5 Å². The zero-order valence-electron chi connectivity index (χ0n) is 17.6. The van der Waals surface area contributed by atoms with Gasteiger partial charge in [-0.1, -0.05) is 110 Å². The molecule has 0 aliphatic rings. The number of carbonyl (C=O) groups is 1. The zero-order chi connectivity index (χ0) is 20.2. The van der Waals surface area contributed by atoms with E-state index < -0.39 is 18.3 Å². The quantitative estimate of drug-likeness (QED) is 0.164. The summed E-state index contributed by atoms with van der Waals surface area (Å²) in [7, 11) is 0. The van der Waals surface area contributed by atoms with Crippen LogP contribution in [0.15, 0.2) is 0 Å². The second-order valence-corrected chi connectivity index (χ2v) is 7.87. The van der Waals surface area contributed by atoms with Gasteiger partial charge in [0.25, 0.3) is 0 Å². The van der Waals surface area contributed by atoms with Crippen molar-refractivity contribution in [3.8, 4) is 0 Å². The molecule has 0 spiro atoms. The highest BCUT2D eigenvalue weighted by atomic mass is 16.5. The summed E-state index contributed by atoms with van der Waals surface area (Å²) in [5, 5.41) is 29.3. The van der Waals surface area contributed by atoms with Crippen LogP contribution in [-0.2, 0) is 4.79 Å². The number of nitrogens with one attached hydrogen (secondary N) is 1. The van der Waals surface area contributed by atoms with Crippen LogP contribution >= 0.6 is 0 Å². The van der Waals surface area contributed by atoms with Crippen LogP contribution in [0.2, 0.25) is 0 Å². The molecule has 0 heterocycles. The Labute approximate surface area is 166 Å². The summed E-state index contributed by atoms with van der Waals surface area (Å²) in [6.45, 7) is 2.16. The van der Waals surface area contributed by atoms with Crippen molar-refractivity contribution in [1.82, 2.24) is 5.32 Å². The monoisotopic (exact) mass is 387 g/mol. The lowest BCUT2D eigenvalue weighted by Crippen LogP contribution is -2.40.